The lowest BCUT2D eigenvalue weighted by molar-refractivity contribution is -0.153. The molecule has 8 heteroatoms. The van der Waals surface area contributed by atoms with Gasteiger partial charge in [0.2, 0.25) is 0 Å². The minimum absolute atomic E-state index is 0. The maximum absolute atomic E-state index is 11.8. The number of anilines is 1. The fraction of sp³-hybridized carbons (Fsp3) is 0.556. The molecule has 1 aromatic rings. The van der Waals surface area contributed by atoms with Crippen LogP contribution in [0, 0.1) is 0 Å². The zero-order chi connectivity index (χ0) is 18.4. The van der Waals surface area contributed by atoms with Gasteiger partial charge in [-0.05, 0) is 55.3 Å². The van der Waals surface area contributed by atoms with Crippen molar-refractivity contribution in [3.63, 3.8) is 0 Å². The van der Waals surface area contributed by atoms with Crippen LogP contribution in [0.15, 0.2) is 33.7 Å². The normalized spacial score (nSPS) is 17.5. The van der Waals surface area contributed by atoms with Crippen LogP contribution in [0.4, 0.5) is 5.69 Å². The van der Waals surface area contributed by atoms with Crippen molar-refractivity contribution in [3.8, 4) is 0 Å². The van der Waals surface area contributed by atoms with Gasteiger partial charge in [0.25, 0.3) is 0 Å². The molecule has 26 heavy (non-hydrogen) atoms. The molecule has 146 valence electrons. The van der Waals surface area contributed by atoms with Gasteiger partial charge in [0, 0.05) is 30.7 Å². The second-order valence-corrected chi connectivity index (χ2v) is 7.89. The highest BCUT2D eigenvalue weighted by atomic mass is 127. The van der Waals surface area contributed by atoms with Gasteiger partial charge < -0.3 is 20.3 Å². The zero-order valence-corrected chi connectivity index (χ0v) is 19.6. The quantitative estimate of drug-likeness (QED) is 0.267. The summed E-state index contributed by atoms with van der Waals surface area (Å²) in [5.74, 6) is 0.321. The maximum atomic E-state index is 11.8. The predicted molar refractivity (Wildman–Crippen MR) is 121 cm³/mol. The van der Waals surface area contributed by atoms with Crippen LogP contribution in [0.1, 0.15) is 27.2 Å². The molecule has 0 radical (unpaired) electrons. The predicted octanol–water partition coefficient (Wildman–Crippen LogP) is 3.15. The van der Waals surface area contributed by atoms with E-state index in [9.17, 15) is 4.79 Å². The van der Waals surface area contributed by atoms with Crippen LogP contribution in [0.2, 0.25) is 0 Å². The molecule has 1 atom stereocenters. The monoisotopic (exact) mass is 538 g/mol. The highest BCUT2D eigenvalue weighted by molar-refractivity contribution is 14.0. The average molecular weight is 539 g/mol. The zero-order valence-electron chi connectivity index (χ0n) is 15.7. The Morgan fingerprint density at radius 3 is 2.69 bits per heavy atom. The number of esters is 1. The number of ether oxygens (including phenoxy) is 1. The van der Waals surface area contributed by atoms with Crippen molar-refractivity contribution in [1.82, 2.24) is 10.6 Å². The van der Waals surface area contributed by atoms with Gasteiger partial charge in [-0.2, -0.15) is 0 Å². The number of hydrogen-bond donors (Lipinski definition) is 2. The molecule has 0 aromatic heterocycles. The standard InChI is InChI=1S/C18H27BrN4O2.HI/c1-18(2,3)25-16(24)11-21-17(20-4)22-13-9-10-23(12-13)15-8-6-5-7-14(15)19;/h5-8,13H,9-12H2,1-4H3,(H2,20,21,22);1H. The summed E-state index contributed by atoms with van der Waals surface area (Å²) in [6.45, 7) is 7.52. The number of halogens is 2. The number of hydrogen-bond acceptors (Lipinski definition) is 4. The van der Waals surface area contributed by atoms with Crippen LogP contribution in [0.3, 0.4) is 0 Å². The molecule has 1 saturated heterocycles. The first-order chi connectivity index (χ1) is 11.8. The van der Waals surface area contributed by atoms with E-state index in [2.05, 4.69) is 48.6 Å². The van der Waals surface area contributed by atoms with E-state index in [4.69, 9.17) is 4.74 Å². The Labute approximate surface area is 181 Å². The summed E-state index contributed by atoms with van der Waals surface area (Å²) in [4.78, 5) is 18.3. The van der Waals surface area contributed by atoms with Gasteiger partial charge in [0.1, 0.15) is 12.1 Å². The van der Waals surface area contributed by atoms with E-state index in [1.54, 1.807) is 7.05 Å². The van der Waals surface area contributed by atoms with Crippen LogP contribution in [0.5, 0.6) is 0 Å². The number of rotatable bonds is 4. The van der Waals surface area contributed by atoms with E-state index in [1.807, 2.05) is 32.9 Å². The number of carbonyl (C=O) groups excluding carboxylic acids is 1. The Morgan fingerprint density at radius 1 is 1.38 bits per heavy atom. The molecule has 6 nitrogen and oxygen atoms in total. The van der Waals surface area contributed by atoms with Crippen molar-refractivity contribution in [1.29, 1.82) is 0 Å². The summed E-state index contributed by atoms with van der Waals surface area (Å²) in [5.41, 5.74) is 0.716. The van der Waals surface area contributed by atoms with Gasteiger partial charge in [-0.15, -0.1) is 24.0 Å². The molecule has 0 bridgehead atoms. The Balaban J connectivity index is 0.00000338. The van der Waals surface area contributed by atoms with Crippen LogP contribution >= 0.6 is 39.9 Å². The fourth-order valence-corrected chi connectivity index (χ4v) is 3.26. The number of nitrogens with one attached hydrogen (secondary N) is 2. The van der Waals surface area contributed by atoms with Crippen molar-refractivity contribution in [3.05, 3.63) is 28.7 Å². The number of carbonyl (C=O) groups is 1. The summed E-state index contributed by atoms with van der Waals surface area (Å²) in [6, 6.07) is 8.50. The molecule has 0 aliphatic carbocycles. The Morgan fingerprint density at radius 2 is 2.08 bits per heavy atom. The van der Waals surface area contributed by atoms with Crippen LogP contribution in [-0.2, 0) is 9.53 Å². The first-order valence-electron chi connectivity index (χ1n) is 8.47. The molecule has 0 saturated carbocycles. The molecule has 2 rings (SSSR count). The van der Waals surface area contributed by atoms with E-state index in [-0.39, 0.29) is 42.5 Å². The van der Waals surface area contributed by atoms with Crippen molar-refractivity contribution in [2.24, 2.45) is 4.99 Å². The lowest BCUT2D eigenvalue weighted by Crippen LogP contribution is -2.46. The number of nitrogens with zero attached hydrogens (tertiary/aromatic N) is 2. The third-order valence-corrected chi connectivity index (χ3v) is 4.44. The Bertz CT molecular complexity index is 634. The lowest BCUT2D eigenvalue weighted by Gasteiger charge is -2.22. The third-order valence-electron chi connectivity index (χ3n) is 3.77. The van der Waals surface area contributed by atoms with E-state index in [1.165, 1.54) is 5.69 Å². The molecule has 1 fully saturated rings. The van der Waals surface area contributed by atoms with Gasteiger partial charge in [0.15, 0.2) is 5.96 Å². The minimum Gasteiger partial charge on any atom is -0.459 e. The topological polar surface area (TPSA) is 66.0 Å². The van der Waals surface area contributed by atoms with Crippen molar-refractivity contribution < 1.29 is 9.53 Å². The van der Waals surface area contributed by atoms with E-state index in [0.29, 0.717) is 5.96 Å². The molecule has 1 aliphatic heterocycles. The smallest absolute Gasteiger partial charge is 0.325 e. The molecule has 0 amide bonds. The molecule has 2 N–H and O–H groups in total. The van der Waals surface area contributed by atoms with Crippen molar-refractivity contribution in [2.45, 2.75) is 38.8 Å². The second kappa shape index (κ2) is 10.3. The van der Waals surface area contributed by atoms with Crippen molar-refractivity contribution in [2.75, 3.05) is 31.6 Å². The number of para-hydroxylation sites is 1. The number of benzene rings is 1. The molecule has 1 aromatic carbocycles. The first kappa shape index (κ1) is 23.0. The number of aliphatic imine (C=N–C) groups is 1. The largest absolute Gasteiger partial charge is 0.459 e. The van der Waals surface area contributed by atoms with Gasteiger partial charge in [0.05, 0.1) is 5.69 Å². The SMILES string of the molecule is CN=C(NCC(=O)OC(C)(C)C)NC1CCN(c2ccccc2Br)C1.I. The molecule has 0 spiro atoms. The van der Waals surface area contributed by atoms with Crippen LogP contribution in [-0.4, -0.2) is 50.3 Å². The third kappa shape index (κ3) is 7.30. The molecular weight excluding hydrogens is 511 g/mol. The Kier molecular flexibility index (Phi) is 9.15. The van der Waals surface area contributed by atoms with Crippen molar-refractivity contribution >= 4 is 57.5 Å². The summed E-state index contributed by atoms with van der Waals surface area (Å²) < 4.78 is 6.39. The Hall–Kier alpha value is -1.03. The summed E-state index contributed by atoms with van der Waals surface area (Å²) in [6.07, 6.45) is 1.01. The maximum Gasteiger partial charge on any atom is 0.325 e. The van der Waals surface area contributed by atoms with Gasteiger partial charge in [-0.1, -0.05) is 12.1 Å². The first-order valence-corrected chi connectivity index (χ1v) is 9.26. The summed E-state index contributed by atoms with van der Waals surface area (Å²) in [5, 5.41) is 6.40. The lowest BCUT2D eigenvalue weighted by atomic mass is 10.2. The molecule has 1 heterocycles. The summed E-state index contributed by atoms with van der Waals surface area (Å²) >= 11 is 3.61. The highest BCUT2D eigenvalue weighted by Gasteiger charge is 2.25. The van der Waals surface area contributed by atoms with E-state index < -0.39 is 5.60 Å². The van der Waals surface area contributed by atoms with Gasteiger partial charge >= 0.3 is 5.97 Å². The van der Waals surface area contributed by atoms with Gasteiger partial charge in [-0.3, -0.25) is 9.79 Å². The minimum atomic E-state index is -0.481. The van der Waals surface area contributed by atoms with Gasteiger partial charge in [-0.25, -0.2) is 0 Å². The summed E-state index contributed by atoms with van der Waals surface area (Å²) in [7, 11) is 1.70. The molecule has 1 unspecified atom stereocenters. The molecular formula is C18H28BrIN4O2. The number of guanidine groups is 1. The van der Waals surface area contributed by atoms with Crippen LogP contribution < -0.4 is 15.5 Å². The van der Waals surface area contributed by atoms with E-state index in [0.717, 1.165) is 24.0 Å². The highest BCUT2D eigenvalue weighted by Crippen LogP contribution is 2.28. The molecule has 1 aliphatic rings. The second-order valence-electron chi connectivity index (χ2n) is 7.04. The average Bonchev–Trinajstić information content (AvgIpc) is 2.98. The van der Waals surface area contributed by atoms with E-state index >= 15 is 0 Å². The fourth-order valence-electron chi connectivity index (χ4n) is 2.73. The van der Waals surface area contributed by atoms with Crippen LogP contribution in [0.25, 0.3) is 0 Å².